The van der Waals surface area contributed by atoms with E-state index in [1.807, 2.05) is 0 Å². The minimum Gasteiger partial charge on any atom is -0.520 e. The van der Waals surface area contributed by atoms with Gasteiger partial charge in [-0.05, 0) is 71.4 Å². The van der Waals surface area contributed by atoms with Crippen LogP contribution in [-0.4, -0.2) is 23.3 Å². The molecule has 1 aromatic heterocycles. The minimum atomic E-state index is -1.61. The van der Waals surface area contributed by atoms with Gasteiger partial charge in [-0.1, -0.05) is 16.9 Å². The summed E-state index contributed by atoms with van der Waals surface area (Å²) in [6.07, 6.45) is 0. The number of aryl methyl sites for hydroxylation is 1. The highest BCUT2D eigenvalue weighted by Gasteiger charge is 2.19. The molecule has 0 aromatic carbocycles. The van der Waals surface area contributed by atoms with Crippen molar-refractivity contribution in [3.8, 4) is 0 Å². The van der Waals surface area contributed by atoms with E-state index in [0.717, 1.165) is 24.2 Å². The van der Waals surface area contributed by atoms with Crippen molar-refractivity contribution in [1.82, 2.24) is 0 Å². The number of allylic oxidation sites excluding steroid dienone is 1. The van der Waals surface area contributed by atoms with Gasteiger partial charge in [0, 0.05) is 14.0 Å². The minimum absolute atomic E-state index is 0.585. The van der Waals surface area contributed by atoms with Gasteiger partial charge in [0.1, 0.15) is 0 Å². The summed E-state index contributed by atoms with van der Waals surface area (Å²) in [4.78, 5) is 0. The van der Waals surface area contributed by atoms with E-state index in [1.165, 1.54) is 11.1 Å². The summed E-state index contributed by atoms with van der Waals surface area (Å²) < 4.78 is 12.0. The van der Waals surface area contributed by atoms with Gasteiger partial charge in [-0.25, -0.2) is 0 Å². The van der Waals surface area contributed by atoms with Gasteiger partial charge in [0.25, 0.3) is 5.95 Å². The van der Waals surface area contributed by atoms with Gasteiger partial charge in [-0.15, -0.1) is 0 Å². The van der Waals surface area contributed by atoms with Crippen LogP contribution in [0.2, 0.25) is 19.6 Å². The maximum atomic E-state index is 6.03. The van der Waals surface area contributed by atoms with Crippen molar-refractivity contribution in [3.05, 3.63) is 39.6 Å². The molecule has 0 amide bonds. The van der Waals surface area contributed by atoms with Crippen molar-refractivity contribution < 1.29 is 9.16 Å². The van der Waals surface area contributed by atoms with E-state index in [-0.39, 0.29) is 0 Å². The van der Waals surface area contributed by atoms with Crippen molar-refractivity contribution in [3.63, 3.8) is 0 Å². The van der Waals surface area contributed by atoms with Crippen LogP contribution in [0.15, 0.2) is 23.3 Å². The molecule has 0 aliphatic rings. The lowest BCUT2D eigenvalue weighted by Gasteiger charge is -2.23. The van der Waals surface area contributed by atoms with Crippen molar-refractivity contribution in [2.45, 2.75) is 60.3 Å². The third kappa shape index (κ3) is 5.79. The third-order valence-corrected chi connectivity index (χ3v) is 7.03. The average molecular weight is 323 g/mol. The highest BCUT2D eigenvalue weighted by molar-refractivity contribution is 6.70. The predicted molar refractivity (Wildman–Crippen MR) is 95.4 cm³/mol. The Morgan fingerprint density at radius 3 is 2.29 bits per heavy atom. The van der Waals surface area contributed by atoms with Gasteiger partial charge in [0.05, 0.1) is 6.61 Å². The molecule has 0 aliphatic carbocycles. The molecule has 0 saturated carbocycles. The highest BCUT2D eigenvalue weighted by Crippen LogP contribution is 2.16. The Hall–Kier alpha value is -0.876. The first-order valence-electron chi connectivity index (χ1n) is 7.67. The van der Waals surface area contributed by atoms with Gasteiger partial charge >= 0.3 is 0 Å². The van der Waals surface area contributed by atoms with Crippen LogP contribution < -0.4 is 0 Å². The number of hydrogen-bond acceptors (Lipinski definition) is 2. The number of ether oxygens (including phenoxy) is 1. The van der Waals surface area contributed by atoms with Crippen molar-refractivity contribution in [2.24, 2.45) is 0 Å². The van der Waals surface area contributed by atoms with Crippen molar-refractivity contribution in [2.75, 3.05) is 6.61 Å². The van der Waals surface area contributed by atoms with E-state index in [4.69, 9.17) is 9.16 Å². The first-order chi connectivity index (χ1) is 9.61. The van der Waals surface area contributed by atoms with Gasteiger partial charge in [-0.3, -0.25) is 0 Å². The summed E-state index contributed by atoms with van der Waals surface area (Å²) in [6, 6.07) is 3.38. The molecule has 1 heterocycles. The standard InChI is InChI=1S/C17H30O2Si2/c1-13(2)17(19-21(6,7)8)18-10-12-20-11-9-14(3)15(4)16(20)5/h9,11H,10,12H2,1-8H3. The maximum absolute atomic E-state index is 6.03. The Bertz CT molecular complexity index is 524. The SMILES string of the molecule is CC(C)=C(OCC[si]1ccc(C)c(C)c1C)O[Si](C)(C)C. The van der Waals surface area contributed by atoms with Gasteiger partial charge in [0.15, 0.2) is 0 Å². The molecule has 2 nitrogen and oxygen atoms in total. The number of hydrogen-bond donors (Lipinski definition) is 0. The zero-order valence-corrected chi connectivity index (χ0v) is 16.9. The lowest BCUT2D eigenvalue weighted by Crippen LogP contribution is -2.26. The Morgan fingerprint density at radius 1 is 1.14 bits per heavy atom. The second-order valence-corrected chi connectivity index (χ2v) is 14.0. The van der Waals surface area contributed by atoms with E-state index in [1.54, 1.807) is 5.17 Å². The normalized spacial score (nSPS) is 11.2. The molecule has 118 valence electrons. The summed E-state index contributed by atoms with van der Waals surface area (Å²) in [5, 5.41) is 1.56. The van der Waals surface area contributed by atoms with Crippen molar-refractivity contribution >= 4 is 16.7 Å². The van der Waals surface area contributed by atoms with Crippen LogP contribution >= 0.6 is 0 Å². The zero-order chi connectivity index (χ0) is 16.2. The lowest BCUT2D eigenvalue weighted by atomic mass is 10.2. The molecular weight excluding hydrogens is 292 g/mol. The lowest BCUT2D eigenvalue weighted by molar-refractivity contribution is 0.104. The zero-order valence-electron chi connectivity index (χ0n) is 14.9. The van der Waals surface area contributed by atoms with Crippen LogP contribution in [0.25, 0.3) is 0 Å². The quantitative estimate of drug-likeness (QED) is 0.555. The summed E-state index contributed by atoms with van der Waals surface area (Å²) in [5.74, 6) is 0.748. The molecule has 21 heavy (non-hydrogen) atoms. The summed E-state index contributed by atoms with van der Waals surface area (Å²) >= 11 is 0. The van der Waals surface area contributed by atoms with Crippen LogP contribution in [0.5, 0.6) is 0 Å². The smallest absolute Gasteiger partial charge is 0.263 e. The first-order valence-corrected chi connectivity index (χ1v) is 12.9. The topological polar surface area (TPSA) is 18.5 Å². The van der Waals surface area contributed by atoms with E-state index >= 15 is 0 Å². The molecule has 0 unspecified atom stereocenters. The molecule has 0 atom stereocenters. The van der Waals surface area contributed by atoms with E-state index in [9.17, 15) is 0 Å². The van der Waals surface area contributed by atoms with Crippen molar-refractivity contribution in [1.29, 1.82) is 0 Å². The Balaban J connectivity index is 2.68. The van der Waals surface area contributed by atoms with Crippen LogP contribution in [-0.2, 0) is 15.2 Å². The molecule has 4 heteroatoms. The Morgan fingerprint density at radius 2 is 1.76 bits per heavy atom. The number of rotatable bonds is 6. The maximum Gasteiger partial charge on any atom is 0.263 e. The molecule has 1 aromatic rings. The molecule has 0 spiro atoms. The fraction of sp³-hybridized carbons (Fsp3) is 0.588. The Labute approximate surface area is 132 Å². The largest absolute Gasteiger partial charge is 0.520 e. The average Bonchev–Trinajstić information content (AvgIpc) is 2.36. The van der Waals surface area contributed by atoms with Crippen LogP contribution in [0.4, 0.5) is 0 Å². The first kappa shape index (κ1) is 18.2. The van der Waals surface area contributed by atoms with E-state index in [0.29, 0.717) is 0 Å². The monoisotopic (exact) mass is 322 g/mol. The van der Waals surface area contributed by atoms with E-state index in [2.05, 4.69) is 66.0 Å². The molecule has 0 bridgehead atoms. The van der Waals surface area contributed by atoms with Crippen LogP contribution in [0.3, 0.4) is 0 Å². The molecule has 0 N–H and O–H groups in total. The second-order valence-electron chi connectivity index (χ2n) is 6.89. The molecule has 0 saturated heterocycles. The van der Waals surface area contributed by atoms with Gasteiger partial charge < -0.3 is 9.16 Å². The third-order valence-electron chi connectivity index (χ3n) is 3.58. The predicted octanol–water partition coefficient (Wildman–Crippen LogP) is 4.76. The van der Waals surface area contributed by atoms with Crippen LogP contribution in [0.1, 0.15) is 30.1 Å². The summed E-state index contributed by atoms with van der Waals surface area (Å²) in [7, 11) is -2.19. The van der Waals surface area contributed by atoms with Gasteiger partial charge in [-0.2, -0.15) is 0 Å². The summed E-state index contributed by atoms with van der Waals surface area (Å²) in [6.45, 7) is 18.1. The van der Waals surface area contributed by atoms with Crippen LogP contribution in [0, 0.1) is 20.8 Å². The molecule has 0 fully saturated rings. The molecule has 0 radical (unpaired) electrons. The fourth-order valence-electron chi connectivity index (χ4n) is 2.09. The fourth-order valence-corrected chi connectivity index (χ4v) is 5.15. The second kappa shape index (κ2) is 7.41. The molecule has 0 aliphatic heterocycles. The van der Waals surface area contributed by atoms with Gasteiger partial charge in [0.2, 0.25) is 8.32 Å². The highest BCUT2D eigenvalue weighted by atomic mass is 28.4. The molecular formula is C17H30O2Si2. The summed E-state index contributed by atoms with van der Waals surface area (Å²) in [5.41, 5.74) is 6.38. The molecule has 1 rings (SSSR count). The Kier molecular flexibility index (Phi) is 6.41. The van der Waals surface area contributed by atoms with E-state index < -0.39 is 16.7 Å².